The summed E-state index contributed by atoms with van der Waals surface area (Å²) in [6, 6.07) is 8.75. The molecule has 0 aliphatic rings. The summed E-state index contributed by atoms with van der Waals surface area (Å²) < 4.78 is 55.9. The van der Waals surface area contributed by atoms with Crippen LogP contribution in [0.4, 0.5) is 11.4 Å². The van der Waals surface area contributed by atoms with Crippen LogP contribution in [0.5, 0.6) is 11.5 Å². The Balaban J connectivity index is 2.06. The van der Waals surface area contributed by atoms with Crippen molar-refractivity contribution < 1.29 is 27.0 Å². The van der Waals surface area contributed by atoms with Gasteiger partial charge in [-0.25, -0.2) is 26.3 Å². The Morgan fingerprint density at radius 3 is 1.76 bits per heavy atom. The number of nitrogens with zero attached hydrogens (tertiary/aromatic N) is 4. The summed E-state index contributed by atoms with van der Waals surface area (Å²) in [6.45, 7) is 4.81. The van der Waals surface area contributed by atoms with Crippen molar-refractivity contribution in [3.63, 3.8) is 0 Å². The second-order valence-electron chi connectivity index (χ2n) is 10.5. The van der Waals surface area contributed by atoms with Crippen LogP contribution in [0.3, 0.4) is 0 Å². The normalized spacial score (nSPS) is 12.4. The fourth-order valence-electron chi connectivity index (χ4n) is 4.20. The number of benzene rings is 2. The van der Waals surface area contributed by atoms with Gasteiger partial charge >= 0.3 is 0 Å². The number of amidine groups is 1. The first-order chi connectivity index (χ1) is 21.5. The molecule has 248 valence electrons. The first-order valence-corrected chi connectivity index (χ1v) is 18.3. The molecule has 15 heteroatoms. The van der Waals surface area contributed by atoms with Crippen LogP contribution in [0.2, 0.25) is 0 Å². The Labute approximate surface area is 267 Å². The second kappa shape index (κ2) is 19.7. The fraction of sp³-hybridized carbons (Fsp3) is 0.533. The van der Waals surface area contributed by atoms with E-state index in [1.165, 1.54) is 18.2 Å². The van der Waals surface area contributed by atoms with Gasteiger partial charge in [-0.1, -0.05) is 78.1 Å². The SMILES string of the molecule is CCCCCCCCNS(=O)(=O)c1ccc(O)c(/N=N/C(C#N)=N/Nc2cc(S(=O)(=O)NCCCCCCCC)ccc2O)c1. The summed E-state index contributed by atoms with van der Waals surface area (Å²) in [4.78, 5) is -0.251. The fourth-order valence-corrected chi connectivity index (χ4v) is 6.39. The van der Waals surface area contributed by atoms with Crippen LogP contribution in [0.1, 0.15) is 90.9 Å². The number of azo groups is 1. The molecule has 5 N–H and O–H groups in total. The summed E-state index contributed by atoms with van der Waals surface area (Å²) in [5.41, 5.74) is 2.09. The molecule has 13 nitrogen and oxygen atoms in total. The van der Waals surface area contributed by atoms with E-state index in [0.717, 1.165) is 82.4 Å². The lowest BCUT2D eigenvalue weighted by Crippen LogP contribution is -2.24. The molecular formula is C30H45N7O6S2. The topological polar surface area (TPSA) is 206 Å². The van der Waals surface area contributed by atoms with E-state index in [2.05, 4.69) is 44.0 Å². The van der Waals surface area contributed by atoms with E-state index in [4.69, 9.17) is 0 Å². The van der Waals surface area contributed by atoms with E-state index in [1.807, 2.05) is 0 Å². The molecule has 0 atom stereocenters. The Bertz CT molecular complexity index is 1540. The van der Waals surface area contributed by atoms with Crippen molar-refractivity contribution in [2.24, 2.45) is 15.3 Å². The van der Waals surface area contributed by atoms with Gasteiger partial charge in [0.05, 0.1) is 15.5 Å². The molecule has 0 amide bonds. The molecule has 2 rings (SSSR count). The smallest absolute Gasteiger partial charge is 0.270 e. The zero-order valence-electron chi connectivity index (χ0n) is 26.0. The highest BCUT2D eigenvalue weighted by atomic mass is 32.2. The zero-order chi connectivity index (χ0) is 33.1. The summed E-state index contributed by atoms with van der Waals surface area (Å²) in [5, 5.41) is 41.0. The minimum absolute atomic E-state index is 0.104. The first-order valence-electron chi connectivity index (χ1n) is 15.3. The Hall–Kier alpha value is -3.58. The lowest BCUT2D eigenvalue weighted by molar-refractivity contribution is 0.475. The summed E-state index contributed by atoms with van der Waals surface area (Å²) in [7, 11) is -7.73. The number of unbranched alkanes of at least 4 members (excludes halogenated alkanes) is 10. The summed E-state index contributed by atoms with van der Waals surface area (Å²) in [5.74, 6) is -1.24. The third-order valence-electron chi connectivity index (χ3n) is 6.82. The number of hydrogen-bond donors (Lipinski definition) is 5. The van der Waals surface area contributed by atoms with Gasteiger partial charge in [0.2, 0.25) is 20.0 Å². The first kappa shape index (κ1) is 37.6. The van der Waals surface area contributed by atoms with E-state index in [1.54, 1.807) is 6.07 Å². The van der Waals surface area contributed by atoms with Gasteiger partial charge in [0, 0.05) is 13.1 Å². The van der Waals surface area contributed by atoms with E-state index >= 15 is 0 Å². The lowest BCUT2D eigenvalue weighted by Gasteiger charge is -2.09. The number of sulfonamides is 2. The minimum Gasteiger partial charge on any atom is -0.506 e. The number of hydrazone groups is 1. The van der Waals surface area contributed by atoms with Crippen molar-refractivity contribution in [1.29, 1.82) is 5.26 Å². The van der Waals surface area contributed by atoms with E-state index in [-0.39, 0.29) is 45.8 Å². The highest BCUT2D eigenvalue weighted by Crippen LogP contribution is 2.30. The van der Waals surface area contributed by atoms with Crippen LogP contribution in [0.15, 0.2) is 61.5 Å². The number of anilines is 1. The number of aromatic hydroxyl groups is 2. The molecule has 2 aromatic carbocycles. The zero-order valence-corrected chi connectivity index (χ0v) is 27.6. The quantitative estimate of drug-likeness (QED) is 0.0251. The summed E-state index contributed by atoms with van der Waals surface area (Å²) >= 11 is 0. The largest absolute Gasteiger partial charge is 0.506 e. The molecule has 0 unspecified atom stereocenters. The van der Waals surface area contributed by atoms with Crippen molar-refractivity contribution in [3.8, 4) is 17.6 Å². The van der Waals surface area contributed by atoms with Gasteiger partial charge in [-0.2, -0.15) is 5.26 Å². The molecule has 0 aromatic heterocycles. The third kappa shape index (κ3) is 13.5. The molecule has 0 spiro atoms. The van der Waals surface area contributed by atoms with Gasteiger partial charge in [-0.3, -0.25) is 5.43 Å². The maximum Gasteiger partial charge on any atom is 0.270 e. The van der Waals surface area contributed by atoms with E-state index in [9.17, 15) is 32.3 Å². The molecule has 0 fully saturated rings. The van der Waals surface area contributed by atoms with Gasteiger partial charge in [-0.05, 0) is 49.2 Å². The van der Waals surface area contributed by atoms with Crippen LogP contribution in [0.25, 0.3) is 0 Å². The van der Waals surface area contributed by atoms with Crippen molar-refractivity contribution in [3.05, 3.63) is 36.4 Å². The Morgan fingerprint density at radius 1 is 0.733 bits per heavy atom. The van der Waals surface area contributed by atoms with Crippen LogP contribution >= 0.6 is 0 Å². The lowest BCUT2D eigenvalue weighted by atomic mass is 10.1. The average molecular weight is 664 g/mol. The molecule has 45 heavy (non-hydrogen) atoms. The molecule has 0 heterocycles. The van der Waals surface area contributed by atoms with Gasteiger partial charge in [-0.15, -0.1) is 15.3 Å². The molecule has 0 aliphatic carbocycles. The summed E-state index contributed by atoms with van der Waals surface area (Å²) in [6.07, 6.45) is 12.1. The van der Waals surface area contributed by atoms with Crippen LogP contribution < -0.4 is 14.9 Å². The van der Waals surface area contributed by atoms with Crippen molar-refractivity contribution >= 4 is 37.3 Å². The van der Waals surface area contributed by atoms with Crippen LogP contribution in [0, 0.1) is 11.3 Å². The number of rotatable bonds is 21. The Morgan fingerprint density at radius 2 is 1.22 bits per heavy atom. The van der Waals surface area contributed by atoms with Gasteiger partial charge in [0.25, 0.3) is 5.84 Å². The average Bonchev–Trinajstić information content (AvgIpc) is 3.01. The number of nitrogens with one attached hydrogen (secondary N) is 3. The van der Waals surface area contributed by atoms with Crippen molar-refractivity contribution in [2.45, 2.75) is 101 Å². The minimum atomic E-state index is -3.87. The van der Waals surface area contributed by atoms with Gasteiger partial charge in [0.15, 0.2) is 0 Å². The van der Waals surface area contributed by atoms with E-state index < -0.39 is 25.9 Å². The monoisotopic (exact) mass is 663 g/mol. The molecule has 0 saturated carbocycles. The second-order valence-corrected chi connectivity index (χ2v) is 14.1. The Kier molecular flexibility index (Phi) is 16.5. The maximum atomic E-state index is 12.7. The van der Waals surface area contributed by atoms with Gasteiger partial charge in [0.1, 0.15) is 23.3 Å². The predicted molar refractivity (Wildman–Crippen MR) is 175 cm³/mol. The molecule has 0 radical (unpaired) electrons. The van der Waals surface area contributed by atoms with E-state index in [0.29, 0.717) is 12.8 Å². The highest BCUT2D eigenvalue weighted by molar-refractivity contribution is 7.89. The molecule has 2 aromatic rings. The maximum absolute atomic E-state index is 12.7. The standard InChI is InChI=1S/C30H45N7O6S2/c1-3-5-7-9-11-13-19-32-44(40,41)24-15-17-28(38)26(21-24)34-36-30(23-31)37-35-27-22-25(16-18-29(27)39)45(42,43)33-20-14-12-10-8-6-4-2/h15-18,21-22,32-34,38-39H,3-14,19-20H2,1-2H3/b36-30+,37-35+. The molecular weight excluding hydrogens is 619 g/mol. The van der Waals surface area contributed by atoms with Crippen molar-refractivity contribution in [2.75, 3.05) is 18.5 Å². The van der Waals surface area contributed by atoms with Crippen molar-refractivity contribution in [1.82, 2.24) is 9.44 Å². The molecule has 0 saturated heterocycles. The molecule has 0 aliphatic heterocycles. The number of nitriles is 1. The number of phenolic OH excluding ortho intramolecular Hbond substituents is 2. The third-order valence-corrected chi connectivity index (χ3v) is 9.73. The number of hydrogen-bond acceptors (Lipinski definition) is 10. The highest BCUT2D eigenvalue weighted by Gasteiger charge is 2.17. The predicted octanol–water partition coefficient (Wildman–Crippen LogP) is 6.41. The van der Waals surface area contributed by atoms with Gasteiger partial charge < -0.3 is 10.2 Å². The number of phenols is 2. The van der Waals surface area contributed by atoms with Crippen LogP contribution in [-0.4, -0.2) is 46.0 Å². The van der Waals surface area contributed by atoms with Crippen LogP contribution in [-0.2, 0) is 20.0 Å². The molecule has 0 bridgehead atoms.